The summed E-state index contributed by atoms with van der Waals surface area (Å²) in [5.41, 5.74) is 2.45. The number of fused-ring (bicyclic) bond motifs is 2. The Bertz CT molecular complexity index is 238. The Hall–Kier alpha value is 0. The van der Waals surface area contributed by atoms with Crippen LogP contribution in [0.1, 0.15) is 52.9 Å². The van der Waals surface area contributed by atoms with E-state index in [1.165, 1.54) is 12.8 Å². The Morgan fingerprint density at radius 2 is 2.00 bits per heavy atom. The fraction of sp³-hybridized carbons (Fsp3) is 1.00. The van der Waals surface area contributed by atoms with E-state index in [9.17, 15) is 0 Å². The SMILES string of the molecule is CCC12CC1(C)C1(CCC1)C2C. The van der Waals surface area contributed by atoms with Crippen LogP contribution in [-0.2, 0) is 0 Å². The van der Waals surface area contributed by atoms with Gasteiger partial charge in [-0.2, -0.15) is 0 Å². The van der Waals surface area contributed by atoms with Gasteiger partial charge in [0.05, 0.1) is 0 Å². The molecule has 3 aliphatic carbocycles. The predicted octanol–water partition coefficient (Wildman–Crippen LogP) is 3.61. The summed E-state index contributed by atoms with van der Waals surface area (Å²) in [6.07, 6.45) is 7.60. The predicted molar refractivity (Wildman–Crippen MR) is 50.9 cm³/mol. The van der Waals surface area contributed by atoms with E-state index in [0.29, 0.717) is 0 Å². The molecule has 0 radical (unpaired) electrons. The second kappa shape index (κ2) is 1.63. The Morgan fingerprint density at radius 3 is 2.25 bits per heavy atom. The number of rotatable bonds is 1. The molecule has 0 aromatic carbocycles. The van der Waals surface area contributed by atoms with Crippen LogP contribution in [0.5, 0.6) is 0 Å². The van der Waals surface area contributed by atoms with Crippen molar-refractivity contribution in [2.45, 2.75) is 52.9 Å². The summed E-state index contributed by atoms with van der Waals surface area (Å²) in [5.74, 6) is 1.05. The fourth-order valence-electron chi connectivity index (χ4n) is 5.18. The van der Waals surface area contributed by atoms with E-state index < -0.39 is 0 Å². The first kappa shape index (κ1) is 7.41. The van der Waals surface area contributed by atoms with Crippen molar-refractivity contribution in [3.05, 3.63) is 0 Å². The Labute approximate surface area is 75.7 Å². The zero-order valence-electron chi connectivity index (χ0n) is 8.61. The van der Waals surface area contributed by atoms with E-state index in [-0.39, 0.29) is 0 Å². The molecule has 3 saturated carbocycles. The minimum absolute atomic E-state index is 0.798. The van der Waals surface area contributed by atoms with E-state index in [4.69, 9.17) is 0 Å². The minimum Gasteiger partial charge on any atom is -0.0648 e. The van der Waals surface area contributed by atoms with Crippen LogP contribution in [0.4, 0.5) is 0 Å². The smallest absolute Gasteiger partial charge is 0.0202 e. The standard InChI is InChI=1S/C12H20/c1-4-11-8-10(11,3)12(9(11)2)6-5-7-12/h9H,4-8H2,1-3H3. The summed E-state index contributed by atoms with van der Waals surface area (Å²) in [4.78, 5) is 0. The second-order valence-corrected chi connectivity index (χ2v) is 5.75. The molecule has 12 heavy (non-hydrogen) atoms. The molecule has 0 aromatic heterocycles. The summed E-state index contributed by atoms with van der Waals surface area (Å²) >= 11 is 0. The van der Waals surface area contributed by atoms with Gasteiger partial charge in [0.25, 0.3) is 0 Å². The molecule has 0 heteroatoms. The molecule has 0 amide bonds. The average molecular weight is 164 g/mol. The maximum absolute atomic E-state index is 2.57. The summed E-state index contributed by atoms with van der Waals surface area (Å²) < 4.78 is 0. The molecule has 0 aliphatic heterocycles. The van der Waals surface area contributed by atoms with Gasteiger partial charge < -0.3 is 0 Å². The van der Waals surface area contributed by atoms with Crippen molar-refractivity contribution in [3.63, 3.8) is 0 Å². The zero-order valence-corrected chi connectivity index (χ0v) is 8.61. The molecule has 0 saturated heterocycles. The first-order valence-corrected chi connectivity index (χ1v) is 5.63. The van der Waals surface area contributed by atoms with E-state index in [0.717, 1.165) is 22.2 Å². The van der Waals surface area contributed by atoms with Crippen LogP contribution in [0, 0.1) is 22.2 Å². The second-order valence-electron chi connectivity index (χ2n) is 5.75. The van der Waals surface area contributed by atoms with Crippen molar-refractivity contribution >= 4 is 0 Å². The van der Waals surface area contributed by atoms with Gasteiger partial charge in [-0.3, -0.25) is 0 Å². The highest BCUT2D eigenvalue weighted by molar-refractivity contribution is 5.34. The molecule has 0 nitrogen and oxygen atoms in total. The molecule has 3 atom stereocenters. The van der Waals surface area contributed by atoms with Crippen molar-refractivity contribution in [2.24, 2.45) is 22.2 Å². The first-order valence-electron chi connectivity index (χ1n) is 5.63. The highest BCUT2D eigenvalue weighted by atomic mass is 14.9. The van der Waals surface area contributed by atoms with E-state index in [1.807, 2.05) is 0 Å². The summed E-state index contributed by atoms with van der Waals surface area (Å²) in [7, 11) is 0. The molecular formula is C12H20. The Balaban J connectivity index is 1.95. The third kappa shape index (κ3) is 0.400. The topological polar surface area (TPSA) is 0 Å². The van der Waals surface area contributed by atoms with Gasteiger partial charge in [0.1, 0.15) is 0 Å². The quantitative estimate of drug-likeness (QED) is 0.555. The normalized spacial score (nSPS) is 58.8. The van der Waals surface area contributed by atoms with Gasteiger partial charge in [-0.25, -0.2) is 0 Å². The molecule has 0 bridgehead atoms. The van der Waals surface area contributed by atoms with Crippen LogP contribution in [-0.4, -0.2) is 0 Å². The third-order valence-electron chi connectivity index (χ3n) is 6.28. The molecule has 0 heterocycles. The lowest BCUT2D eigenvalue weighted by molar-refractivity contribution is -0.160. The lowest BCUT2D eigenvalue weighted by Gasteiger charge is -2.64. The zero-order chi connectivity index (χ0) is 8.61. The van der Waals surface area contributed by atoms with Crippen molar-refractivity contribution in [1.29, 1.82) is 0 Å². The maximum atomic E-state index is 2.57. The third-order valence-corrected chi connectivity index (χ3v) is 6.28. The fourth-order valence-corrected chi connectivity index (χ4v) is 5.18. The van der Waals surface area contributed by atoms with Gasteiger partial charge >= 0.3 is 0 Å². The Morgan fingerprint density at radius 1 is 1.33 bits per heavy atom. The molecule has 68 valence electrons. The number of hydrogen-bond donors (Lipinski definition) is 0. The van der Waals surface area contributed by atoms with Crippen LogP contribution < -0.4 is 0 Å². The Kier molecular flexibility index (Phi) is 1.00. The van der Waals surface area contributed by atoms with Crippen LogP contribution >= 0.6 is 0 Å². The molecular weight excluding hydrogens is 144 g/mol. The van der Waals surface area contributed by atoms with E-state index in [2.05, 4.69) is 20.8 Å². The first-order chi connectivity index (χ1) is 5.63. The van der Waals surface area contributed by atoms with Crippen LogP contribution in [0.25, 0.3) is 0 Å². The van der Waals surface area contributed by atoms with Crippen molar-refractivity contribution in [2.75, 3.05) is 0 Å². The largest absolute Gasteiger partial charge is 0.0648 e. The maximum Gasteiger partial charge on any atom is -0.0202 e. The molecule has 3 aliphatic rings. The monoisotopic (exact) mass is 164 g/mol. The minimum atomic E-state index is 0.798. The lowest BCUT2D eigenvalue weighted by Crippen LogP contribution is -2.57. The number of hydrogen-bond acceptors (Lipinski definition) is 0. The molecule has 1 spiro atoms. The summed E-state index contributed by atoms with van der Waals surface area (Å²) in [6.45, 7) is 7.49. The lowest BCUT2D eigenvalue weighted by atomic mass is 9.40. The summed E-state index contributed by atoms with van der Waals surface area (Å²) in [5, 5.41) is 0. The van der Waals surface area contributed by atoms with Gasteiger partial charge in [-0.05, 0) is 47.8 Å². The van der Waals surface area contributed by atoms with Gasteiger partial charge in [0.2, 0.25) is 0 Å². The van der Waals surface area contributed by atoms with E-state index in [1.54, 1.807) is 19.3 Å². The van der Waals surface area contributed by atoms with Crippen molar-refractivity contribution in [3.8, 4) is 0 Å². The molecule has 3 unspecified atom stereocenters. The van der Waals surface area contributed by atoms with Crippen LogP contribution in [0.2, 0.25) is 0 Å². The molecule has 3 fully saturated rings. The van der Waals surface area contributed by atoms with Crippen LogP contribution in [0.3, 0.4) is 0 Å². The highest BCUT2D eigenvalue weighted by Gasteiger charge is 2.86. The average Bonchev–Trinajstić information content (AvgIpc) is 2.50. The van der Waals surface area contributed by atoms with Crippen molar-refractivity contribution < 1.29 is 0 Å². The molecule has 3 rings (SSSR count). The van der Waals surface area contributed by atoms with E-state index >= 15 is 0 Å². The van der Waals surface area contributed by atoms with Crippen molar-refractivity contribution in [1.82, 2.24) is 0 Å². The van der Waals surface area contributed by atoms with Gasteiger partial charge in [0.15, 0.2) is 0 Å². The summed E-state index contributed by atoms with van der Waals surface area (Å²) in [6, 6.07) is 0. The van der Waals surface area contributed by atoms with Gasteiger partial charge in [-0.1, -0.05) is 27.2 Å². The molecule has 0 N–H and O–H groups in total. The molecule has 0 aromatic rings. The van der Waals surface area contributed by atoms with Gasteiger partial charge in [-0.15, -0.1) is 0 Å². The van der Waals surface area contributed by atoms with Gasteiger partial charge in [0, 0.05) is 0 Å². The van der Waals surface area contributed by atoms with Crippen LogP contribution in [0.15, 0.2) is 0 Å². The highest BCUT2D eigenvalue weighted by Crippen LogP contribution is 2.93.